The Balaban J connectivity index is 3.74. The molecule has 104 valence electrons. The zero-order valence-electron chi connectivity index (χ0n) is 13.3. The van der Waals surface area contributed by atoms with E-state index in [4.69, 9.17) is 0 Å². The minimum absolute atomic E-state index is 0.573. The first-order valence-electron chi connectivity index (χ1n) is 7.93. The van der Waals surface area contributed by atoms with Crippen LogP contribution in [0.5, 0.6) is 0 Å². The van der Waals surface area contributed by atoms with E-state index in [0.29, 0.717) is 5.41 Å². The lowest BCUT2D eigenvalue weighted by atomic mass is 9.80. The molecule has 0 heteroatoms. The highest BCUT2D eigenvalue weighted by Gasteiger charge is 2.18. The van der Waals surface area contributed by atoms with Crippen molar-refractivity contribution in [2.24, 2.45) is 17.3 Å². The van der Waals surface area contributed by atoms with Crippen LogP contribution in [-0.4, -0.2) is 0 Å². The summed E-state index contributed by atoms with van der Waals surface area (Å²) in [5, 5.41) is 0. The van der Waals surface area contributed by atoms with E-state index in [2.05, 4.69) is 41.5 Å². The molecule has 0 fully saturated rings. The summed E-state index contributed by atoms with van der Waals surface area (Å²) in [7, 11) is 0. The van der Waals surface area contributed by atoms with Crippen molar-refractivity contribution in [3.63, 3.8) is 0 Å². The van der Waals surface area contributed by atoms with Crippen LogP contribution >= 0.6 is 0 Å². The van der Waals surface area contributed by atoms with Gasteiger partial charge < -0.3 is 0 Å². The Morgan fingerprint density at radius 3 is 1.82 bits per heavy atom. The molecule has 0 aliphatic rings. The van der Waals surface area contributed by atoms with Crippen molar-refractivity contribution >= 4 is 0 Å². The standard InChI is InChI=1S/C17H36/c1-7-9-13-17(5,6)14-10-12-16(4)15(3)11-8-2/h15-16H,7-14H2,1-6H3. The fourth-order valence-electron chi connectivity index (χ4n) is 2.71. The molecule has 0 aromatic heterocycles. The maximum atomic E-state index is 2.45. The van der Waals surface area contributed by atoms with Crippen molar-refractivity contribution in [2.75, 3.05) is 0 Å². The van der Waals surface area contributed by atoms with E-state index in [9.17, 15) is 0 Å². The molecule has 0 radical (unpaired) electrons. The van der Waals surface area contributed by atoms with E-state index < -0.39 is 0 Å². The topological polar surface area (TPSA) is 0 Å². The van der Waals surface area contributed by atoms with Gasteiger partial charge in [0.15, 0.2) is 0 Å². The molecule has 0 spiro atoms. The smallest absolute Gasteiger partial charge is 0.0354 e. The number of hydrogen-bond donors (Lipinski definition) is 0. The van der Waals surface area contributed by atoms with Crippen LogP contribution in [0.4, 0.5) is 0 Å². The zero-order chi connectivity index (χ0) is 13.3. The second kappa shape index (κ2) is 9.00. The Labute approximate surface area is 111 Å². The average molecular weight is 240 g/mol. The summed E-state index contributed by atoms with van der Waals surface area (Å²) >= 11 is 0. The molecule has 2 unspecified atom stereocenters. The lowest BCUT2D eigenvalue weighted by Crippen LogP contribution is -2.13. The molecular formula is C17H36. The summed E-state index contributed by atoms with van der Waals surface area (Å²) < 4.78 is 0. The van der Waals surface area contributed by atoms with Crippen molar-refractivity contribution in [3.05, 3.63) is 0 Å². The Morgan fingerprint density at radius 2 is 1.29 bits per heavy atom. The highest BCUT2D eigenvalue weighted by molar-refractivity contribution is 4.70. The van der Waals surface area contributed by atoms with Gasteiger partial charge in [-0.1, -0.05) is 80.1 Å². The van der Waals surface area contributed by atoms with Gasteiger partial charge in [-0.3, -0.25) is 0 Å². The molecule has 17 heavy (non-hydrogen) atoms. The third-order valence-electron chi connectivity index (χ3n) is 4.44. The summed E-state index contributed by atoms with van der Waals surface area (Å²) in [6.07, 6.45) is 11.2. The first-order valence-corrected chi connectivity index (χ1v) is 7.93. The van der Waals surface area contributed by atoms with Crippen LogP contribution in [0, 0.1) is 17.3 Å². The first kappa shape index (κ1) is 17.0. The van der Waals surface area contributed by atoms with Crippen molar-refractivity contribution in [1.29, 1.82) is 0 Å². The molecule has 0 aliphatic heterocycles. The Hall–Kier alpha value is 0. The van der Waals surface area contributed by atoms with E-state index in [1.165, 1.54) is 51.4 Å². The van der Waals surface area contributed by atoms with Crippen LogP contribution in [-0.2, 0) is 0 Å². The van der Waals surface area contributed by atoms with Gasteiger partial charge in [0.1, 0.15) is 0 Å². The molecule has 0 heterocycles. The van der Waals surface area contributed by atoms with E-state index in [1.807, 2.05) is 0 Å². The van der Waals surface area contributed by atoms with Gasteiger partial charge in [0.25, 0.3) is 0 Å². The fraction of sp³-hybridized carbons (Fsp3) is 1.00. The zero-order valence-corrected chi connectivity index (χ0v) is 13.3. The molecule has 0 nitrogen and oxygen atoms in total. The predicted octanol–water partition coefficient (Wildman–Crippen LogP) is 6.45. The Kier molecular flexibility index (Phi) is 9.00. The van der Waals surface area contributed by atoms with Gasteiger partial charge >= 0.3 is 0 Å². The summed E-state index contributed by atoms with van der Waals surface area (Å²) in [5.41, 5.74) is 0.573. The van der Waals surface area contributed by atoms with Gasteiger partial charge in [0.05, 0.1) is 0 Å². The molecule has 0 saturated carbocycles. The molecule has 0 rings (SSSR count). The second-order valence-electron chi connectivity index (χ2n) is 6.90. The van der Waals surface area contributed by atoms with Gasteiger partial charge in [-0.25, -0.2) is 0 Å². The van der Waals surface area contributed by atoms with Crippen LogP contribution in [0.25, 0.3) is 0 Å². The lowest BCUT2D eigenvalue weighted by Gasteiger charge is -2.26. The molecule has 0 aliphatic carbocycles. The molecule has 0 aromatic rings. The monoisotopic (exact) mass is 240 g/mol. The summed E-state index contributed by atoms with van der Waals surface area (Å²) in [4.78, 5) is 0. The van der Waals surface area contributed by atoms with E-state index in [1.54, 1.807) is 0 Å². The minimum Gasteiger partial charge on any atom is -0.0654 e. The maximum absolute atomic E-state index is 2.45. The van der Waals surface area contributed by atoms with Crippen molar-refractivity contribution in [1.82, 2.24) is 0 Å². The summed E-state index contributed by atoms with van der Waals surface area (Å²) in [5.74, 6) is 1.83. The van der Waals surface area contributed by atoms with E-state index in [-0.39, 0.29) is 0 Å². The summed E-state index contributed by atoms with van der Waals surface area (Å²) in [6, 6.07) is 0. The maximum Gasteiger partial charge on any atom is -0.0354 e. The van der Waals surface area contributed by atoms with Crippen molar-refractivity contribution < 1.29 is 0 Å². The SMILES string of the molecule is CCCCC(C)(C)CCCC(C)C(C)CCC. The van der Waals surface area contributed by atoms with Crippen LogP contribution in [0.15, 0.2) is 0 Å². The van der Waals surface area contributed by atoms with Crippen molar-refractivity contribution in [2.45, 2.75) is 92.9 Å². The normalized spacial score (nSPS) is 15.9. The van der Waals surface area contributed by atoms with E-state index in [0.717, 1.165) is 11.8 Å². The van der Waals surface area contributed by atoms with Crippen LogP contribution < -0.4 is 0 Å². The molecule has 0 bridgehead atoms. The molecule has 2 atom stereocenters. The molecule has 0 amide bonds. The van der Waals surface area contributed by atoms with Gasteiger partial charge in [0, 0.05) is 0 Å². The summed E-state index contributed by atoms with van der Waals surface area (Å²) in [6.45, 7) is 14.4. The number of rotatable bonds is 10. The first-order chi connectivity index (χ1) is 7.93. The lowest BCUT2D eigenvalue weighted by molar-refractivity contribution is 0.260. The van der Waals surface area contributed by atoms with Crippen molar-refractivity contribution in [3.8, 4) is 0 Å². The fourth-order valence-corrected chi connectivity index (χ4v) is 2.71. The second-order valence-corrected chi connectivity index (χ2v) is 6.90. The van der Waals surface area contributed by atoms with Gasteiger partial charge in [-0.15, -0.1) is 0 Å². The third-order valence-corrected chi connectivity index (χ3v) is 4.44. The molecular weight excluding hydrogens is 204 g/mol. The van der Waals surface area contributed by atoms with Crippen LogP contribution in [0.2, 0.25) is 0 Å². The quantitative estimate of drug-likeness (QED) is 0.412. The predicted molar refractivity (Wildman–Crippen MR) is 80.4 cm³/mol. The van der Waals surface area contributed by atoms with Crippen LogP contribution in [0.1, 0.15) is 92.9 Å². The molecule has 0 N–H and O–H groups in total. The van der Waals surface area contributed by atoms with Crippen LogP contribution in [0.3, 0.4) is 0 Å². The number of hydrogen-bond acceptors (Lipinski definition) is 0. The Morgan fingerprint density at radius 1 is 0.765 bits per heavy atom. The largest absolute Gasteiger partial charge is 0.0654 e. The minimum atomic E-state index is 0.573. The Bertz CT molecular complexity index is 169. The van der Waals surface area contributed by atoms with Gasteiger partial charge in [-0.2, -0.15) is 0 Å². The average Bonchev–Trinajstić information content (AvgIpc) is 2.26. The molecule has 0 saturated heterocycles. The number of unbranched alkanes of at least 4 members (excludes halogenated alkanes) is 1. The molecule has 0 aromatic carbocycles. The highest BCUT2D eigenvalue weighted by atomic mass is 14.2. The van der Waals surface area contributed by atoms with E-state index >= 15 is 0 Å². The van der Waals surface area contributed by atoms with Gasteiger partial charge in [0.2, 0.25) is 0 Å². The third kappa shape index (κ3) is 8.69. The van der Waals surface area contributed by atoms with Gasteiger partial charge in [-0.05, 0) is 30.1 Å². The highest BCUT2D eigenvalue weighted by Crippen LogP contribution is 2.31.